The SMILES string of the molecule is CCNC(=O)NC(=O)CN(C)CCCOc1ccc(F)cc1. The Labute approximate surface area is 129 Å². The average molecular weight is 311 g/mol. The van der Waals surface area contributed by atoms with Crippen LogP contribution < -0.4 is 15.4 Å². The number of ether oxygens (including phenoxy) is 1. The van der Waals surface area contributed by atoms with Crippen molar-refractivity contribution < 1.29 is 18.7 Å². The molecule has 0 heterocycles. The number of benzene rings is 1. The number of carbonyl (C=O) groups excluding carboxylic acids is 2. The molecular formula is C15H22FN3O3. The summed E-state index contributed by atoms with van der Waals surface area (Å²) in [5.74, 6) is -0.0452. The molecule has 0 spiro atoms. The molecule has 0 unspecified atom stereocenters. The summed E-state index contributed by atoms with van der Waals surface area (Å²) in [6.07, 6.45) is 0.711. The first-order valence-electron chi connectivity index (χ1n) is 7.16. The summed E-state index contributed by atoms with van der Waals surface area (Å²) < 4.78 is 18.2. The number of urea groups is 1. The number of imide groups is 1. The fourth-order valence-electron chi connectivity index (χ4n) is 1.75. The number of hydrogen-bond acceptors (Lipinski definition) is 4. The largest absolute Gasteiger partial charge is 0.494 e. The van der Waals surface area contributed by atoms with Gasteiger partial charge < -0.3 is 10.1 Å². The van der Waals surface area contributed by atoms with E-state index in [-0.39, 0.29) is 18.3 Å². The Morgan fingerprint density at radius 1 is 1.27 bits per heavy atom. The van der Waals surface area contributed by atoms with Gasteiger partial charge in [0.05, 0.1) is 13.2 Å². The summed E-state index contributed by atoms with van der Waals surface area (Å²) in [4.78, 5) is 24.5. The van der Waals surface area contributed by atoms with Crippen LogP contribution in [0, 0.1) is 5.82 Å². The predicted molar refractivity (Wildman–Crippen MR) is 81.2 cm³/mol. The van der Waals surface area contributed by atoms with E-state index in [0.29, 0.717) is 31.9 Å². The van der Waals surface area contributed by atoms with Gasteiger partial charge in [-0.1, -0.05) is 0 Å². The summed E-state index contributed by atoms with van der Waals surface area (Å²) >= 11 is 0. The van der Waals surface area contributed by atoms with Crippen molar-refractivity contribution in [1.29, 1.82) is 0 Å². The van der Waals surface area contributed by atoms with Gasteiger partial charge in [-0.15, -0.1) is 0 Å². The molecule has 0 bridgehead atoms. The predicted octanol–water partition coefficient (Wildman–Crippen LogP) is 1.37. The van der Waals surface area contributed by atoms with E-state index in [1.807, 2.05) is 0 Å². The molecule has 0 aliphatic carbocycles. The van der Waals surface area contributed by atoms with Gasteiger partial charge in [0.15, 0.2) is 0 Å². The molecule has 0 saturated heterocycles. The average Bonchev–Trinajstić information content (AvgIpc) is 2.45. The summed E-state index contributed by atoms with van der Waals surface area (Å²) in [7, 11) is 1.79. The van der Waals surface area contributed by atoms with Gasteiger partial charge in [0, 0.05) is 13.1 Å². The monoisotopic (exact) mass is 311 g/mol. The zero-order valence-corrected chi connectivity index (χ0v) is 12.9. The summed E-state index contributed by atoms with van der Waals surface area (Å²) in [5.41, 5.74) is 0. The van der Waals surface area contributed by atoms with E-state index in [1.165, 1.54) is 12.1 Å². The maximum Gasteiger partial charge on any atom is 0.321 e. The number of nitrogens with zero attached hydrogens (tertiary/aromatic N) is 1. The molecule has 7 heteroatoms. The van der Waals surface area contributed by atoms with Crippen molar-refractivity contribution in [1.82, 2.24) is 15.5 Å². The van der Waals surface area contributed by atoms with Gasteiger partial charge in [0.1, 0.15) is 11.6 Å². The highest BCUT2D eigenvalue weighted by Crippen LogP contribution is 2.11. The Balaban J connectivity index is 2.15. The Morgan fingerprint density at radius 3 is 2.59 bits per heavy atom. The molecule has 3 amide bonds. The normalized spacial score (nSPS) is 10.4. The quantitative estimate of drug-likeness (QED) is 0.712. The number of halogens is 1. The second-order valence-corrected chi connectivity index (χ2v) is 4.80. The zero-order chi connectivity index (χ0) is 16.4. The highest BCUT2D eigenvalue weighted by atomic mass is 19.1. The Kier molecular flexibility index (Phi) is 7.91. The highest BCUT2D eigenvalue weighted by molar-refractivity contribution is 5.95. The first-order chi connectivity index (χ1) is 10.5. The molecule has 1 aromatic carbocycles. The zero-order valence-electron chi connectivity index (χ0n) is 12.9. The topological polar surface area (TPSA) is 70.7 Å². The van der Waals surface area contributed by atoms with E-state index in [1.54, 1.807) is 31.0 Å². The van der Waals surface area contributed by atoms with Crippen LogP contribution in [0.3, 0.4) is 0 Å². The number of rotatable bonds is 8. The maximum atomic E-state index is 12.7. The van der Waals surface area contributed by atoms with Crippen molar-refractivity contribution in [3.8, 4) is 5.75 Å². The van der Waals surface area contributed by atoms with Crippen LogP contribution in [-0.4, -0.2) is 50.1 Å². The van der Waals surface area contributed by atoms with Gasteiger partial charge in [-0.05, 0) is 44.7 Å². The van der Waals surface area contributed by atoms with Gasteiger partial charge in [-0.3, -0.25) is 15.0 Å². The molecule has 0 aliphatic heterocycles. The molecule has 122 valence electrons. The second kappa shape index (κ2) is 9.73. The first-order valence-corrected chi connectivity index (χ1v) is 7.16. The number of carbonyl (C=O) groups is 2. The van der Waals surface area contributed by atoms with Crippen molar-refractivity contribution in [2.75, 3.05) is 33.3 Å². The van der Waals surface area contributed by atoms with Crippen LogP contribution in [0.2, 0.25) is 0 Å². The highest BCUT2D eigenvalue weighted by Gasteiger charge is 2.09. The molecule has 1 rings (SSSR count). The second-order valence-electron chi connectivity index (χ2n) is 4.80. The van der Waals surface area contributed by atoms with Crippen molar-refractivity contribution >= 4 is 11.9 Å². The Hall–Kier alpha value is -2.15. The van der Waals surface area contributed by atoms with E-state index in [4.69, 9.17) is 4.74 Å². The molecule has 22 heavy (non-hydrogen) atoms. The molecule has 0 fully saturated rings. The lowest BCUT2D eigenvalue weighted by Crippen LogP contribution is -2.43. The summed E-state index contributed by atoms with van der Waals surface area (Å²) in [6.45, 7) is 3.48. The van der Waals surface area contributed by atoms with Crippen molar-refractivity contribution in [3.05, 3.63) is 30.1 Å². The van der Waals surface area contributed by atoms with Crippen LogP contribution in [0.1, 0.15) is 13.3 Å². The van der Waals surface area contributed by atoms with Crippen LogP contribution >= 0.6 is 0 Å². The first kappa shape index (κ1) is 17.9. The minimum absolute atomic E-state index is 0.133. The van der Waals surface area contributed by atoms with Gasteiger partial charge in [0.25, 0.3) is 0 Å². The molecule has 1 aromatic rings. The number of nitrogens with one attached hydrogen (secondary N) is 2. The summed E-state index contributed by atoms with van der Waals surface area (Å²) in [5, 5.41) is 4.72. The third-order valence-electron chi connectivity index (χ3n) is 2.77. The molecule has 0 saturated carbocycles. The molecule has 2 N–H and O–H groups in total. The minimum Gasteiger partial charge on any atom is -0.494 e. The fraction of sp³-hybridized carbons (Fsp3) is 0.467. The van der Waals surface area contributed by atoms with Crippen LogP contribution in [-0.2, 0) is 4.79 Å². The number of amides is 3. The summed E-state index contributed by atoms with van der Waals surface area (Å²) in [6, 6.07) is 5.33. The van der Waals surface area contributed by atoms with Crippen LogP contribution in [0.5, 0.6) is 5.75 Å². The van der Waals surface area contributed by atoms with E-state index < -0.39 is 6.03 Å². The van der Waals surface area contributed by atoms with Crippen LogP contribution in [0.15, 0.2) is 24.3 Å². The van der Waals surface area contributed by atoms with E-state index >= 15 is 0 Å². The van der Waals surface area contributed by atoms with Crippen molar-refractivity contribution in [2.24, 2.45) is 0 Å². The van der Waals surface area contributed by atoms with Crippen molar-refractivity contribution in [2.45, 2.75) is 13.3 Å². The Bertz CT molecular complexity index is 479. The lowest BCUT2D eigenvalue weighted by atomic mass is 10.3. The third kappa shape index (κ3) is 7.58. The standard InChI is InChI=1S/C15H22FN3O3/c1-3-17-15(21)18-14(20)11-19(2)9-4-10-22-13-7-5-12(16)6-8-13/h5-8H,3-4,9-11H2,1-2H3,(H2,17,18,20,21). The number of hydrogen-bond donors (Lipinski definition) is 2. The molecule has 6 nitrogen and oxygen atoms in total. The molecule has 0 atom stereocenters. The number of likely N-dealkylation sites (N-methyl/N-ethyl adjacent to an activating group) is 1. The van der Waals surface area contributed by atoms with Gasteiger partial charge in [-0.2, -0.15) is 0 Å². The van der Waals surface area contributed by atoms with Gasteiger partial charge >= 0.3 is 6.03 Å². The fourth-order valence-corrected chi connectivity index (χ4v) is 1.75. The van der Waals surface area contributed by atoms with E-state index in [0.717, 1.165) is 0 Å². The lowest BCUT2D eigenvalue weighted by molar-refractivity contribution is -0.120. The third-order valence-corrected chi connectivity index (χ3v) is 2.77. The Morgan fingerprint density at radius 2 is 1.95 bits per heavy atom. The maximum absolute atomic E-state index is 12.7. The molecular weight excluding hydrogens is 289 g/mol. The molecule has 0 radical (unpaired) electrons. The minimum atomic E-state index is -0.486. The van der Waals surface area contributed by atoms with E-state index in [9.17, 15) is 14.0 Å². The molecule has 0 aliphatic rings. The van der Waals surface area contributed by atoms with Crippen LogP contribution in [0.4, 0.5) is 9.18 Å². The van der Waals surface area contributed by atoms with Gasteiger partial charge in [-0.25, -0.2) is 9.18 Å². The lowest BCUT2D eigenvalue weighted by Gasteiger charge is -2.16. The van der Waals surface area contributed by atoms with Gasteiger partial charge in [0.2, 0.25) is 5.91 Å². The van der Waals surface area contributed by atoms with Crippen LogP contribution in [0.25, 0.3) is 0 Å². The van der Waals surface area contributed by atoms with Crippen molar-refractivity contribution in [3.63, 3.8) is 0 Å². The smallest absolute Gasteiger partial charge is 0.321 e. The van der Waals surface area contributed by atoms with E-state index in [2.05, 4.69) is 10.6 Å². The molecule has 0 aromatic heterocycles.